The molecule has 0 aliphatic carbocycles. The Balaban J connectivity index is 2.02. The molecule has 0 atom stereocenters. The van der Waals surface area contributed by atoms with Crippen molar-refractivity contribution in [3.05, 3.63) is 70.8 Å². The lowest BCUT2D eigenvalue weighted by Gasteiger charge is -2.19. The third-order valence-electron chi connectivity index (χ3n) is 5.08. The van der Waals surface area contributed by atoms with E-state index in [4.69, 9.17) is 14.2 Å². The molecule has 4 rings (SSSR count). The molecule has 0 saturated carbocycles. The predicted molar refractivity (Wildman–Crippen MR) is 109 cm³/mol. The van der Waals surface area contributed by atoms with Crippen LogP contribution in [0.5, 0.6) is 0 Å². The Bertz CT molecular complexity index is 1170. The fourth-order valence-electron chi connectivity index (χ4n) is 3.79. The van der Waals surface area contributed by atoms with Crippen molar-refractivity contribution < 1.29 is 28.6 Å². The first-order valence-corrected chi connectivity index (χ1v) is 9.55. The van der Waals surface area contributed by atoms with Crippen molar-refractivity contribution in [3.63, 3.8) is 0 Å². The van der Waals surface area contributed by atoms with Crippen LogP contribution in [0.15, 0.2) is 48.5 Å². The molecule has 1 aliphatic rings. The molecule has 0 amide bonds. The summed E-state index contributed by atoms with van der Waals surface area (Å²) in [5.74, 6) is -1.29. The highest BCUT2D eigenvalue weighted by Crippen LogP contribution is 2.40. The third-order valence-corrected chi connectivity index (χ3v) is 5.08. The van der Waals surface area contributed by atoms with Crippen LogP contribution < -0.4 is 0 Å². The van der Waals surface area contributed by atoms with E-state index in [1.807, 2.05) is 42.5 Å². The molecule has 1 aliphatic heterocycles. The average Bonchev–Trinajstić information content (AvgIpc) is 3.10. The first kappa shape index (κ1) is 19.6. The molecule has 1 heterocycles. The second-order valence-corrected chi connectivity index (χ2v) is 7.09. The number of rotatable bonds is 5. The zero-order valence-electron chi connectivity index (χ0n) is 16.7. The summed E-state index contributed by atoms with van der Waals surface area (Å²) in [4.78, 5) is 35.6. The minimum Gasteiger partial charge on any atom is -0.461 e. The zero-order chi connectivity index (χ0) is 21.3. The van der Waals surface area contributed by atoms with E-state index < -0.39 is 17.9 Å². The molecule has 0 unspecified atom stereocenters. The second-order valence-electron chi connectivity index (χ2n) is 7.09. The lowest BCUT2D eigenvalue weighted by atomic mass is 9.86. The van der Waals surface area contributed by atoms with Crippen LogP contribution in [0.1, 0.15) is 40.9 Å². The highest BCUT2D eigenvalue weighted by Gasteiger charge is 2.30. The maximum Gasteiger partial charge on any atom is 0.339 e. The summed E-state index contributed by atoms with van der Waals surface area (Å²) in [7, 11) is 0. The molecular weight excluding hydrogens is 384 g/mol. The largest absolute Gasteiger partial charge is 0.461 e. The molecule has 0 fully saturated rings. The molecule has 0 aromatic heterocycles. The van der Waals surface area contributed by atoms with Crippen LogP contribution in [0, 0.1) is 0 Å². The van der Waals surface area contributed by atoms with Gasteiger partial charge in [0.15, 0.2) is 0 Å². The van der Waals surface area contributed by atoms with Gasteiger partial charge in [0.25, 0.3) is 0 Å². The molecule has 0 spiro atoms. The van der Waals surface area contributed by atoms with E-state index in [9.17, 15) is 14.4 Å². The first-order chi connectivity index (χ1) is 14.5. The lowest BCUT2D eigenvalue weighted by Crippen LogP contribution is -2.10. The van der Waals surface area contributed by atoms with E-state index in [1.165, 1.54) is 13.8 Å². The van der Waals surface area contributed by atoms with E-state index in [2.05, 4.69) is 0 Å². The van der Waals surface area contributed by atoms with Crippen molar-refractivity contribution in [3.8, 4) is 11.1 Å². The number of ether oxygens (including phenoxy) is 3. The van der Waals surface area contributed by atoms with Gasteiger partial charge in [0.2, 0.25) is 0 Å². The monoisotopic (exact) mass is 404 g/mol. The standard InChI is InChI=1S/C24H20O6/c1-14(25)28-11-17-10-18-12-30-24(27)22(18)23(21(17)13-29-15(2)26)20-9-5-7-16-6-3-4-8-19(16)20/h3-10H,11-13H2,1-2H3. The Morgan fingerprint density at radius 2 is 1.63 bits per heavy atom. The molecule has 30 heavy (non-hydrogen) atoms. The third kappa shape index (κ3) is 3.64. The van der Waals surface area contributed by atoms with Gasteiger partial charge in [-0.15, -0.1) is 0 Å². The van der Waals surface area contributed by atoms with Crippen LogP contribution in [0.2, 0.25) is 0 Å². The van der Waals surface area contributed by atoms with Crippen LogP contribution in [0.3, 0.4) is 0 Å². The fraction of sp³-hybridized carbons (Fsp3) is 0.208. The van der Waals surface area contributed by atoms with Gasteiger partial charge in [-0.05, 0) is 28.0 Å². The summed E-state index contributed by atoms with van der Waals surface area (Å²) >= 11 is 0. The SMILES string of the molecule is CC(=O)OCc1cc2c(c(-c3cccc4ccccc34)c1COC(C)=O)C(=O)OC2. The number of benzene rings is 3. The number of cyclic esters (lactones) is 1. The van der Waals surface area contributed by atoms with Gasteiger partial charge in [-0.1, -0.05) is 42.5 Å². The Morgan fingerprint density at radius 3 is 2.40 bits per heavy atom. The van der Waals surface area contributed by atoms with Crippen LogP contribution in [0.4, 0.5) is 0 Å². The summed E-state index contributed by atoms with van der Waals surface area (Å²) in [6, 6.07) is 15.5. The van der Waals surface area contributed by atoms with Gasteiger partial charge in [0.1, 0.15) is 19.8 Å². The number of hydrogen-bond acceptors (Lipinski definition) is 6. The minimum absolute atomic E-state index is 0.00513. The van der Waals surface area contributed by atoms with Crippen molar-refractivity contribution in [1.29, 1.82) is 0 Å². The van der Waals surface area contributed by atoms with Gasteiger partial charge in [0, 0.05) is 30.5 Å². The van der Waals surface area contributed by atoms with Crippen LogP contribution in [-0.2, 0) is 43.6 Å². The summed E-state index contributed by atoms with van der Waals surface area (Å²) in [6.45, 7) is 2.76. The molecule has 6 nitrogen and oxygen atoms in total. The number of carbonyl (C=O) groups is 3. The van der Waals surface area contributed by atoms with E-state index in [1.54, 1.807) is 6.07 Å². The van der Waals surface area contributed by atoms with E-state index in [0.29, 0.717) is 22.3 Å². The summed E-state index contributed by atoms with van der Waals surface area (Å²) in [6.07, 6.45) is 0. The quantitative estimate of drug-likeness (QED) is 0.466. The van der Waals surface area contributed by atoms with Gasteiger partial charge >= 0.3 is 17.9 Å². The number of carbonyl (C=O) groups excluding carboxylic acids is 3. The maximum atomic E-state index is 12.6. The molecule has 6 heteroatoms. The molecule has 3 aromatic rings. The van der Waals surface area contributed by atoms with Gasteiger partial charge < -0.3 is 14.2 Å². The average molecular weight is 404 g/mol. The molecule has 3 aromatic carbocycles. The van der Waals surface area contributed by atoms with Gasteiger partial charge in [0.05, 0.1) is 5.56 Å². The zero-order valence-corrected chi connectivity index (χ0v) is 16.7. The number of hydrogen-bond donors (Lipinski definition) is 0. The van der Waals surface area contributed by atoms with Gasteiger partial charge in [-0.2, -0.15) is 0 Å². The van der Waals surface area contributed by atoms with Gasteiger partial charge in [-0.3, -0.25) is 9.59 Å². The number of esters is 3. The summed E-state index contributed by atoms with van der Waals surface area (Å²) in [5, 5.41) is 1.97. The highest BCUT2D eigenvalue weighted by atomic mass is 16.5. The minimum atomic E-state index is -0.444. The summed E-state index contributed by atoms with van der Waals surface area (Å²) < 4.78 is 15.9. The molecule has 0 bridgehead atoms. The van der Waals surface area contributed by atoms with Gasteiger partial charge in [-0.25, -0.2) is 4.79 Å². The molecule has 152 valence electrons. The second kappa shape index (κ2) is 7.99. The highest BCUT2D eigenvalue weighted by molar-refractivity contribution is 6.07. The Hall–Kier alpha value is -3.67. The molecule has 0 N–H and O–H groups in total. The molecule has 0 radical (unpaired) electrons. The Labute approximate surface area is 173 Å². The molecule has 0 saturated heterocycles. The summed E-state index contributed by atoms with van der Waals surface area (Å²) in [5.41, 5.74) is 3.95. The normalized spacial score (nSPS) is 12.4. The topological polar surface area (TPSA) is 78.9 Å². The van der Waals surface area contributed by atoms with Crippen LogP contribution in [0.25, 0.3) is 21.9 Å². The van der Waals surface area contributed by atoms with Crippen molar-refractivity contribution >= 4 is 28.7 Å². The van der Waals surface area contributed by atoms with Crippen molar-refractivity contribution in [1.82, 2.24) is 0 Å². The Kier molecular flexibility index (Phi) is 5.23. The smallest absolute Gasteiger partial charge is 0.339 e. The Morgan fingerprint density at radius 1 is 0.933 bits per heavy atom. The van der Waals surface area contributed by atoms with Crippen molar-refractivity contribution in [2.75, 3.05) is 0 Å². The van der Waals surface area contributed by atoms with Crippen molar-refractivity contribution in [2.24, 2.45) is 0 Å². The predicted octanol–water partition coefficient (Wildman–Crippen LogP) is 4.30. The van der Waals surface area contributed by atoms with Crippen LogP contribution >= 0.6 is 0 Å². The first-order valence-electron chi connectivity index (χ1n) is 9.55. The van der Waals surface area contributed by atoms with E-state index >= 15 is 0 Å². The number of fused-ring (bicyclic) bond motifs is 2. The maximum absolute atomic E-state index is 12.6. The van der Waals surface area contributed by atoms with E-state index in [-0.39, 0.29) is 19.8 Å². The lowest BCUT2D eigenvalue weighted by molar-refractivity contribution is -0.143. The van der Waals surface area contributed by atoms with Crippen molar-refractivity contribution in [2.45, 2.75) is 33.7 Å². The molecular formula is C24H20O6. The van der Waals surface area contributed by atoms with Crippen LogP contribution in [-0.4, -0.2) is 17.9 Å². The fourth-order valence-corrected chi connectivity index (χ4v) is 3.79. The van der Waals surface area contributed by atoms with E-state index in [0.717, 1.165) is 21.9 Å².